The number of nitrogens with two attached hydrogens (primary N) is 1. The Bertz CT molecular complexity index is 2080. The molecule has 19 heteroatoms. The summed E-state index contributed by atoms with van der Waals surface area (Å²) in [6.45, 7) is 11.1. The summed E-state index contributed by atoms with van der Waals surface area (Å²) in [6.07, 6.45) is 1.58. The number of ether oxygens (including phenoxy) is 2. The fourth-order valence-electron chi connectivity index (χ4n) is 6.90. The summed E-state index contributed by atoms with van der Waals surface area (Å²) >= 11 is 6.16. The number of aliphatic hydroxyl groups excluding tert-OH is 2. The number of anilines is 2. The minimum absolute atomic E-state index is 0.0386. The van der Waals surface area contributed by atoms with Gasteiger partial charge in [-0.1, -0.05) is 45.2 Å². The Kier molecular flexibility index (Phi) is 15.8. The van der Waals surface area contributed by atoms with Crippen LogP contribution in [-0.2, 0) is 33.5 Å². The molecule has 1 aliphatic heterocycles. The van der Waals surface area contributed by atoms with Gasteiger partial charge >= 0.3 is 13.7 Å². The molecule has 3 aromatic heterocycles. The molecular weight excluding hydrogens is 789 g/mol. The lowest BCUT2D eigenvalue weighted by Gasteiger charge is -2.27. The highest BCUT2D eigenvalue weighted by atomic mass is 35.5. The van der Waals surface area contributed by atoms with E-state index in [0.717, 1.165) is 48.8 Å². The Morgan fingerprint density at radius 1 is 1.16 bits per heavy atom. The lowest BCUT2D eigenvalue weighted by atomic mass is 9.92. The lowest BCUT2D eigenvalue weighted by Crippen LogP contribution is -2.41. The van der Waals surface area contributed by atoms with Crippen LogP contribution in [0.3, 0.4) is 0 Å². The van der Waals surface area contributed by atoms with E-state index in [4.69, 9.17) is 35.9 Å². The van der Waals surface area contributed by atoms with Crippen molar-refractivity contribution in [2.75, 3.05) is 50.5 Å². The average molecular weight is 844 g/mol. The number of fused-ring (bicyclic) bond motifs is 2. The van der Waals surface area contributed by atoms with Crippen LogP contribution in [-0.4, -0.2) is 111 Å². The van der Waals surface area contributed by atoms with Gasteiger partial charge in [0, 0.05) is 34.9 Å². The van der Waals surface area contributed by atoms with E-state index in [2.05, 4.69) is 37.3 Å². The van der Waals surface area contributed by atoms with E-state index in [9.17, 15) is 24.8 Å². The number of benzene rings is 1. The Morgan fingerprint density at radius 3 is 2.66 bits per heavy atom. The maximum Gasteiger partial charge on any atom is 0.406 e. The third kappa shape index (κ3) is 10.6. The SMILES string of the molecule is CCC(CC)COC(=O)[C@H](C)N[P@@](=O)(OCCN(CC)CCCC(C)Nc1ccnc2cc(Cl)ccc12)OC[C@H]1O[C@@](C#N)(c2ccc3c(N)ncnn23)[C@H](O)[C@@H]1O. The monoisotopic (exact) mass is 843 g/mol. The van der Waals surface area contributed by atoms with Gasteiger partial charge in [-0.3, -0.25) is 18.8 Å². The van der Waals surface area contributed by atoms with Crippen molar-refractivity contribution in [2.45, 2.75) is 96.3 Å². The number of carbonyl (C=O) groups is 1. The molecule has 0 amide bonds. The number of pyridine rings is 1. The van der Waals surface area contributed by atoms with Crippen LogP contribution in [0.1, 0.15) is 66.0 Å². The number of esters is 1. The zero-order chi connectivity index (χ0) is 42.0. The van der Waals surface area contributed by atoms with Gasteiger partial charge in [-0.05, 0) is 82.1 Å². The highest BCUT2D eigenvalue weighted by molar-refractivity contribution is 7.51. The predicted octanol–water partition coefficient (Wildman–Crippen LogP) is 5.05. The molecule has 0 spiro atoms. The molecular formula is C39H55ClN9O8P. The quantitative estimate of drug-likeness (QED) is 0.0514. The summed E-state index contributed by atoms with van der Waals surface area (Å²) < 4.78 is 38.9. The van der Waals surface area contributed by atoms with Crippen LogP contribution >= 0.6 is 19.3 Å². The minimum Gasteiger partial charge on any atom is -0.464 e. The first-order chi connectivity index (χ1) is 27.8. The molecule has 1 aromatic carbocycles. The zero-order valence-corrected chi connectivity index (χ0v) is 35.2. The summed E-state index contributed by atoms with van der Waals surface area (Å²) in [5, 5.41) is 44.7. The van der Waals surface area contributed by atoms with E-state index in [0.29, 0.717) is 23.6 Å². The first-order valence-electron chi connectivity index (χ1n) is 19.7. The fourth-order valence-corrected chi connectivity index (χ4v) is 8.53. The highest BCUT2D eigenvalue weighted by Crippen LogP contribution is 2.47. The van der Waals surface area contributed by atoms with Crippen LogP contribution in [0.2, 0.25) is 5.02 Å². The normalized spacial score (nSPS) is 21.6. The van der Waals surface area contributed by atoms with Crippen molar-refractivity contribution in [3.8, 4) is 6.07 Å². The molecule has 4 heterocycles. The molecule has 0 saturated carbocycles. The van der Waals surface area contributed by atoms with E-state index < -0.39 is 50.3 Å². The number of nitrogens with one attached hydrogen (secondary N) is 2. The molecule has 0 aliphatic carbocycles. The molecule has 1 fully saturated rings. The number of rotatable bonds is 22. The number of hydrogen-bond donors (Lipinski definition) is 5. The number of halogens is 1. The molecule has 17 nitrogen and oxygen atoms in total. The van der Waals surface area contributed by atoms with Gasteiger partial charge in [-0.2, -0.15) is 10.4 Å². The molecule has 1 aliphatic rings. The van der Waals surface area contributed by atoms with Crippen LogP contribution in [0.5, 0.6) is 0 Å². The first kappa shape index (κ1) is 45.1. The fraction of sp³-hybridized carbons (Fsp3) is 0.564. The Balaban J connectivity index is 1.21. The topological polar surface area (TPSA) is 232 Å². The molecule has 1 unspecified atom stereocenters. The van der Waals surface area contributed by atoms with Crippen molar-refractivity contribution in [2.24, 2.45) is 5.92 Å². The van der Waals surface area contributed by atoms with Crippen molar-refractivity contribution >= 4 is 53.2 Å². The van der Waals surface area contributed by atoms with Crippen molar-refractivity contribution < 1.29 is 38.1 Å². The number of nitrogens with zero attached hydrogens (tertiary/aromatic N) is 6. The summed E-state index contributed by atoms with van der Waals surface area (Å²) in [6, 6.07) is 11.7. The number of aliphatic hydroxyl groups is 2. The molecule has 7 atom stereocenters. The van der Waals surface area contributed by atoms with Crippen molar-refractivity contribution in [3.05, 3.63) is 59.6 Å². The minimum atomic E-state index is -4.31. The predicted molar refractivity (Wildman–Crippen MR) is 220 cm³/mol. The van der Waals surface area contributed by atoms with E-state index in [1.165, 1.54) is 23.8 Å². The molecule has 316 valence electrons. The maximum atomic E-state index is 14.4. The Morgan fingerprint density at radius 2 is 1.93 bits per heavy atom. The number of aromatic nitrogens is 4. The standard InChI is InChI=1S/C39H55ClN9O8P/c1-6-27(7-2)21-54-38(52)26(5)47-58(53,56-22-33-35(50)36(51)39(23-41,57-33)34-14-13-32-37(42)44-24-45-49(32)34)55-19-18-48(8-3)17-9-10-25(4)46-30-15-16-43-31-20-28(40)11-12-29(30)31/h11-16,20,24-27,33,35-36,50-51H,6-10,17-19,21-22H2,1-5H3,(H,43,46)(H,47,53)(H2,42,44,45)/t25?,26-,33+,35+,36+,39-,58+/m0/s1. The summed E-state index contributed by atoms with van der Waals surface area (Å²) in [5.41, 5.74) is 6.13. The Labute approximate surface area is 343 Å². The summed E-state index contributed by atoms with van der Waals surface area (Å²) in [7, 11) is -4.31. The molecule has 0 bridgehead atoms. The van der Waals surface area contributed by atoms with Gasteiger partial charge < -0.3 is 35.6 Å². The summed E-state index contributed by atoms with van der Waals surface area (Å²) in [5.74, 6) is -0.329. The third-order valence-corrected chi connectivity index (χ3v) is 12.5. The highest BCUT2D eigenvalue weighted by Gasteiger charge is 2.58. The number of hydrogen-bond acceptors (Lipinski definition) is 15. The van der Waals surface area contributed by atoms with Gasteiger partial charge in [0.25, 0.3) is 0 Å². The van der Waals surface area contributed by atoms with E-state index in [1.54, 1.807) is 12.3 Å². The lowest BCUT2D eigenvalue weighted by molar-refractivity contribution is -0.146. The van der Waals surface area contributed by atoms with Crippen LogP contribution in [0, 0.1) is 17.2 Å². The number of likely N-dealkylation sites (N-methyl/N-ethyl adjacent to an activating group) is 1. The van der Waals surface area contributed by atoms with Gasteiger partial charge in [0.05, 0.1) is 31.0 Å². The van der Waals surface area contributed by atoms with Crippen LogP contribution in [0.15, 0.2) is 48.9 Å². The van der Waals surface area contributed by atoms with Gasteiger partial charge in [-0.25, -0.2) is 19.2 Å². The second kappa shape index (κ2) is 20.3. The van der Waals surface area contributed by atoms with Crippen LogP contribution in [0.25, 0.3) is 16.4 Å². The van der Waals surface area contributed by atoms with Gasteiger partial charge in [0.15, 0.2) is 5.82 Å². The van der Waals surface area contributed by atoms with Crippen molar-refractivity contribution in [1.82, 2.24) is 29.6 Å². The van der Waals surface area contributed by atoms with Gasteiger partial charge in [0.2, 0.25) is 5.60 Å². The molecule has 58 heavy (non-hydrogen) atoms. The number of nitriles is 1. The Hall–Kier alpha value is -3.95. The number of nitrogen functional groups attached to an aromatic ring is 1. The zero-order valence-electron chi connectivity index (χ0n) is 33.6. The third-order valence-electron chi connectivity index (χ3n) is 10.6. The van der Waals surface area contributed by atoms with E-state index in [1.807, 2.05) is 51.1 Å². The largest absolute Gasteiger partial charge is 0.464 e. The van der Waals surface area contributed by atoms with E-state index in [-0.39, 0.29) is 36.7 Å². The second-order valence-electron chi connectivity index (χ2n) is 14.5. The van der Waals surface area contributed by atoms with Gasteiger partial charge in [-0.15, -0.1) is 0 Å². The van der Waals surface area contributed by atoms with Crippen molar-refractivity contribution in [1.29, 1.82) is 5.26 Å². The average Bonchev–Trinajstić information content (AvgIpc) is 3.76. The van der Waals surface area contributed by atoms with Gasteiger partial charge in [0.1, 0.15) is 42.3 Å². The second-order valence-corrected chi connectivity index (χ2v) is 16.7. The van der Waals surface area contributed by atoms with E-state index >= 15 is 0 Å². The maximum absolute atomic E-state index is 14.4. The molecule has 5 rings (SSSR count). The molecule has 1 saturated heterocycles. The molecule has 4 aromatic rings. The smallest absolute Gasteiger partial charge is 0.406 e. The first-order valence-corrected chi connectivity index (χ1v) is 21.6. The van der Waals surface area contributed by atoms with Crippen molar-refractivity contribution in [3.63, 3.8) is 0 Å². The molecule has 0 radical (unpaired) electrons. The summed E-state index contributed by atoms with van der Waals surface area (Å²) in [4.78, 5) is 23.5. The molecule has 6 N–H and O–H groups in total. The number of carbonyl (C=O) groups excluding carboxylic acids is 1. The van der Waals surface area contributed by atoms with Crippen LogP contribution in [0.4, 0.5) is 11.5 Å². The van der Waals surface area contributed by atoms with Crippen LogP contribution < -0.4 is 16.1 Å².